The van der Waals surface area contributed by atoms with Gasteiger partial charge in [0.1, 0.15) is 0 Å². The first-order valence-corrected chi connectivity index (χ1v) is 5.65. The number of hydrogen-bond donors (Lipinski definition) is 1. The first kappa shape index (κ1) is 14.0. The predicted octanol–water partition coefficient (Wildman–Crippen LogP) is 2.76. The molecule has 0 bridgehead atoms. The van der Waals surface area contributed by atoms with Crippen LogP contribution in [0.25, 0.3) is 0 Å². The monoisotopic (exact) mass is 281 g/mol. The zero-order chi connectivity index (χ0) is 14.9. The Labute approximate surface area is 112 Å². The number of amides is 1. The number of hydrogen-bond acceptors (Lipinski definition) is 3. The summed E-state index contributed by atoms with van der Waals surface area (Å²) in [5.74, 6) is -5.59. The first-order chi connectivity index (χ1) is 9.38. The van der Waals surface area contributed by atoms with Crippen LogP contribution >= 0.6 is 0 Å². The number of carbonyl (C=O) groups excluding carboxylic acids is 1. The van der Waals surface area contributed by atoms with E-state index in [1.54, 1.807) is 19.9 Å². The van der Waals surface area contributed by atoms with E-state index in [9.17, 15) is 18.0 Å². The number of nitrogens with one attached hydrogen (secondary N) is 1. The largest absolute Gasteiger partial charge is 0.290 e. The normalized spacial score (nSPS) is 10.4. The van der Waals surface area contributed by atoms with Crippen molar-refractivity contribution >= 4 is 11.9 Å². The van der Waals surface area contributed by atoms with E-state index in [1.807, 2.05) is 0 Å². The molecular formula is C13H10F3N3O. The van der Waals surface area contributed by atoms with Gasteiger partial charge in [0.25, 0.3) is 5.91 Å². The highest BCUT2D eigenvalue weighted by molar-refractivity contribution is 6.03. The summed E-state index contributed by atoms with van der Waals surface area (Å²) in [5.41, 5.74) is 0.601. The van der Waals surface area contributed by atoms with Crippen molar-refractivity contribution in [3.63, 3.8) is 0 Å². The molecule has 0 fully saturated rings. The Hall–Kier alpha value is -2.44. The van der Waals surface area contributed by atoms with E-state index in [0.717, 1.165) is 6.07 Å². The molecule has 2 rings (SSSR count). The highest BCUT2D eigenvalue weighted by atomic mass is 19.2. The van der Waals surface area contributed by atoms with Gasteiger partial charge in [-0.15, -0.1) is 0 Å². The van der Waals surface area contributed by atoms with Crippen LogP contribution in [0, 0.1) is 31.3 Å². The molecule has 0 aliphatic rings. The van der Waals surface area contributed by atoms with E-state index >= 15 is 0 Å². The van der Waals surface area contributed by atoms with Crippen LogP contribution in [0.2, 0.25) is 0 Å². The first-order valence-electron chi connectivity index (χ1n) is 5.65. The molecule has 1 aromatic carbocycles. The summed E-state index contributed by atoms with van der Waals surface area (Å²) in [6, 6.07) is 3.22. The second-order valence-electron chi connectivity index (χ2n) is 4.15. The molecule has 0 saturated heterocycles. The number of benzene rings is 1. The second-order valence-corrected chi connectivity index (χ2v) is 4.15. The maximum atomic E-state index is 13.5. The van der Waals surface area contributed by atoms with Crippen LogP contribution in [0.4, 0.5) is 19.1 Å². The van der Waals surface area contributed by atoms with Gasteiger partial charge < -0.3 is 0 Å². The van der Waals surface area contributed by atoms with Gasteiger partial charge in [0, 0.05) is 11.4 Å². The molecule has 4 nitrogen and oxygen atoms in total. The van der Waals surface area contributed by atoms with Crippen molar-refractivity contribution in [1.82, 2.24) is 9.97 Å². The number of anilines is 1. The van der Waals surface area contributed by atoms with Crippen molar-refractivity contribution < 1.29 is 18.0 Å². The molecule has 0 saturated carbocycles. The van der Waals surface area contributed by atoms with E-state index < -0.39 is 28.9 Å². The zero-order valence-electron chi connectivity index (χ0n) is 10.7. The Morgan fingerprint density at radius 3 is 2.25 bits per heavy atom. The third-order valence-electron chi connectivity index (χ3n) is 2.49. The fourth-order valence-electron chi connectivity index (χ4n) is 1.65. The number of rotatable bonds is 2. The average Bonchev–Trinajstić information content (AvgIpc) is 2.34. The van der Waals surface area contributed by atoms with Crippen LogP contribution in [0.5, 0.6) is 0 Å². The minimum absolute atomic E-state index is 0.0309. The van der Waals surface area contributed by atoms with E-state index in [2.05, 4.69) is 15.3 Å². The molecule has 2 aromatic rings. The minimum Gasteiger partial charge on any atom is -0.290 e. The summed E-state index contributed by atoms with van der Waals surface area (Å²) in [6.07, 6.45) is 0. The molecule has 104 valence electrons. The van der Waals surface area contributed by atoms with Gasteiger partial charge in [0.15, 0.2) is 17.5 Å². The van der Waals surface area contributed by atoms with Gasteiger partial charge in [0.2, 0.25) is 5.95 Å². The summed E-state index contributed by atoms with van der Waals surface area (Å²) >= 11 is 0. The SMILES string of the molecule is Cc1cc(C)nc(NC(=O)c2ccc(F)c(F)c2F)n1. The van der Waals surface area contributed by atoms with E-state index in [4.69, 9.17) is 0 Å². The van der Waals surface area contributed by atoms with Gasteiger partial charge >= 0.3 is 0 Å². The number of halogens is 3. The molecule has 20 heavy (non-hydrogen) atoms. The van der Waals surface area contributed by atoms with Crippen LogP contribution in [-0.4, -0.2) is 15.9 Å². The molecule has 0 spiro atoms. The molecule has 1 heterocycles. The number of carbonyl (C=O) groups is 1. The lowest BCUT2D eigenvalue weighted by molar-refractivity contribution is 0.102. The molecule has 7 heteroatoms. The van der Waals surface area contributed by atoms with Gasteiger partial charge in [0.05, 0.1) is 5.56 Å². The molecule has 0 radical (unpaired) electrons. The summed E-state index contributed by atoms with van der Waals surface area (Å²) in [4.78, 5) is 19.7. The quantitative estimate of drug-likeness (QED) is 0.861. The molecule has 0 unspecified atom stereocenters. The van der Waals surface area contributed by atoms with Gasteiger partial charge in [-0.2, -0.15) is 0 Å². The number of nitrogens with zero attached hydrogens (tertiary/aromatic N) is 2. The van der Waals surface area contributed by atoms with E-state index in [1.165, 1.54) is 0 Å². The third kappa shape index (κ3) is 2.76. The zero-order valence-corrected chi connectivity index (χ0v) is 10.7. The van der Waals surface area contributed by atoms with E-state index in [0.29, 0.717) is 17.5 Å². The summed E-state index contributed by atoms with van der Waals surface area (Å²) in [5, 5.41) is 2.24. The smallest absolute Gasteiger partial charge is 0.261 e. The summed E-state index contributed by atoms with van der Waals surface area (Å²) in [7, 11) is 0. The Morgan fingerprint density at radius 1 is 1.05 bits per heavy atom. The topological polar surface area (TPSA) is 54.9 Å². The highest BCUT2D eigenvalue weighted by Gasteiger charge is 2.19. The standard InChI is InChI=1S/C13H10F3N3O/c1-6-5-7(2)18-13(17-6)19-12(20)8-3-4-9(14)11(16)10(8)15/h3-5H,1-2H3,(H,17,18,19,20). The van der Waals surface area contributed by atoms with Crippen LogP contribution in [0.1, 0.15) is 21.7 Å². The van der Waals surface area contributed by atoms with Crippen molar-refractivity contribution in [2.45, 2.75) is 13.8 Å². The summed E-state index contributed by atoms with van der Waals surface area (Å²) in [6.45, 7) is 3.39. The Bertz CT molecular complexity index is 669. The molecular weight excluding hydrogens is 271 g/mol. The Kier molecular flexibility index (Phi) is 3.69. The van der Waals surface area contributed by atoms with Crippen molar-refractivity contribution in [1.29, 1.82) is 0 Å². The van der Waals surface area contributed by atoms with Crippen LogP contribution < -0.4 is 5.32 Å². The van der Waals surface area contributed by atoms with Gasteiger partial charge in [-0.1, -0.05) is 0 Å². The van der Waals surface area contributed by atoms with Gasteiger partial charge in [-0.05, 0) is 32.0 Å². The maximum absolute atomic E-state index is 13.5. The van der Waals surface area contributed by atoms with Gasteiger partial charge in [-0.25, -0.2) is 23.1 Å². The van der Waals surface area contributed by atoms with Crippen molar-refractivity contribution in [2.24, 2.45) is 0 Å². The fourth-order valence-corrected chi connectivity index (χ4v) is 1.65. The van der Waals surface area contributed by atoms with Gasteiger partial charge in [-0.3, -0.25) is 10.1 Å². The van der Waals surface area contributed by atoms with Crippen molar-refractivity contribution in [3.05, 3.63) is 52.6 Å². The van der Waals surface area contributed by atoms with Crippen LogP contribution in [-0.2, 0) is 0 Å². The molecule has 0 atom stereocenters. The summed E-state index contributed by atoms with van der Waals surface area (Å²) < 4.78 is 39.3. The fraction of sp³-hybridized carbons (Fsp3) is 0.154. The second kappa shape index (κ2) is 5.28. The van der Waals surface area contributed by atoms with Crippen LogP contribution in [0.3, 0.4) is 0 Å². The lowest BCUT2D eigenvalue weighted by Crippen LogP contribution is -2.17. The number of aromatic nitrogens is 2. The molecule has 1 aromatic heterocycles. The molecule has 0 aliphatic heterocycles. The molecule has 1 N–H and O–H groups in total. The average molecular weight is 281 g/mol. The van der Waals surface area contributed by atoms with E-state index in [-0.39, 0.29) is 5.95 Å². The third-order valence-corrected chi connectivity index (χ3v) is 2.49. The Morgan fingerprint density at radius 2 is 1.65 bits per heavy atom. The Balaban J connectivity index is 2.31. The predicted molar refractivity (Wildman–Crippen MR) is 65.8 cm³/mol. The number of aryl methyl sites for hydroxylation is 2. The van der Waals surface area contributed by atoms with Crippen LogP contribution in [0.15, 0.2) is 18.2 Å². The highest BCUT2D eigenvalue weighted by Crippen LogP contribution is 2.16. The maximum Gasteiger partial charge on any atom is 0.261 e. The lowest BCUT2D eigenvalue weighted by atomic mass is 10.2. The molecule has 0 aliphatic carbocycles. The minimum atomic E-state index is -1.70. The van der Waals surface area contributed by atoms with Crippen molar-refractivity contribution in [2.75, 3.05) is 5.32 Å². The molecule has 1 amide bonds. The lowest BCUT2D eigenvalue weighted by Gasteiger charge is -2.07. The van der Waals surface area contributed by atoms with Crippen molar-refractivity contribution in [3.8, 4) is 0 Å².